The topological polar surface area (TPSA) is 69.0 Å². The van der Waals surface area contributed by atoms with Crippen LogP contribution >= 0.6 is 0 Å². The van der Waals surface area contributed by atoms with Crippen molar-refractivity contribution in [3.8, 4) is 0 Å². The van der Waals surface area contributed by atoms with Gasteiger partial charge in [-0.1, -0.05) is 34.1 Å². The van der Waals surface area contributed by atoms with Gasteiger partial charge in [0.25, 0.3) is 5.91 Å². The second-order valence-corrected chi connectivity index (χ2v) is 11.1. The van der Waals surface area contributed by atoms with E-state index in [0.29, 0.717) is 12.4 Å². The molecule has 140 valence electrons. The van der Waals surface area contributed by atoms with Gasteiger partial charge in [0, 0.05) is 0 Å². The first kappa shape index (κ1) is 19.7. The number of nitrogens with zero attached hydrogens (tertiary/aromatic N) is 1. The van der Waals surface area contributed by atoms with E-state index in [1.54, 1.807) is 18.4 Å². The normalized spacial score (nSPS) is 20.5. The molecule has 1 fully saturated rings. The van der Waals surface area contributed by atoms with E-state index in [1.807, 2.05) is 6.92 Å². The van der Waals surface area contributed by atoms with Crippen molar-refractivity contribution in [3.05, 3.63) is 24.2 Å². The van der Waals surface area contributed by atoms with Crippen molar-refractivity contribution in [1.29, 1.82) is 0 Å². The number of likely N-dealkylation sites (tertiary alicyclic amines) is 1. The summed E-state index contributed by atoms with van der Waals surface area (Å²) in [5.41, 5.74) is 0. The average Bonchev–Trinajstić information content (AvgIpc) is 3.15. The maximum atomic E-state index is 12.6. The fraction of sp³-hybridized carbons (Fsp3) is 0.667. The van der Waals surface area contributed by atoms with Gasteiger partial charge < -0.3 is 13.6 Å². The molecular formula is C18H29NO5Si. The van der Waals surface area contributed by atoms with E-state index in [4.69, 9.17) is 13.6 Å². The molecule has 1 aromatic heterocycles. The third-order valence-electron chi connectivity index (χ3n) is 5.11. The van der Waals surface area contributed by atoms with Crippen LogP contribution in [0.3, 0.4) is 0 Å². The molecule has 0 saturated carbocycles. The van der Waals surface area contributed by atoms with Crippen LogP contribution in [0.4, 0.5) is 4.79 Å². The Labute approximate surface area is 150 Å². The molecule has 0 aromatic carbocycles. The fourth-order valence-electron chi connectivity index (χ4n) is 3.16. The smallest absolute Gasteiger partial charge is 0.417 e. The number of β-lactam (4-membered cyclic amide) rings is 1. The van der Waals surface area contributed by atoms with Crippen molar-refractivity contribution < 1.29 is 23.2 Å². The molecule has 1 saturated heterocycles. The molecule has 0 spiro atoms. The molecule has 2 rings (SSSR count). The second kappa shape index (κ2) is 8.67. The Hall–Kier alpha value is -1.60. The summed E-state index contributed by atoms with van der Waals surface area (Å²) < 4.78 is 17.1. The van der Waals surface area contributed by atoms with Crippen LogP contribution in [0.25, 0.3) is 0 Å². The molecule has 1 aliphatic rings. The predicted octanol–water partition coefficient (Wildman–Crippen LogP) is 4.49. The van der Waals surface area contributed by atoms with Crippen LogP contribution in [0.2, 0.25) is 18.1 Å². The number of carbonyl (C=O) groups excluding carboxylic acids is 2. The maximum absolute atomic E-state index is 12.6. The van der Waals surface area contributed by atoms with Crippen LogP contribution in [0, 0.1) is 0 Å². The Morgan fingerprint density at radius 1 is 1.24 bits per heavy atom. The average molecular weight is 368 g/mol. The standard InChI is InChI=1S/C18H29NO5Si/c1-5-9-12-23-18(21)19-15(14-11-10-13-22-14)16(17(19)20)24-25(6-2,7-3)8-4/h10-11,13,15-16H,5-9,12H2,1-4H3/t15-,16+/m0/s1. The van der Waals surface area contributed by atoms with Gasteiger partial charge in [-0.2, -0.15) is 0 Å². The van der Waals surface area contributed by atoms with Gasteiger partial charge in [-0.05, 0) is 36.7 Å². The Morgan fingerprint density at radius 3 is 2.44 bits per heavy atom. The van der Waals surface area contributed by atoms with Gasteiger partial charge >= 0.3 is 6.09 Å². The highest BCUT2D eigenvalue weighted by Gasteiger charge is 2.56. The quantitative estimate of drug-likeness (QED) is 0.365. The van der Waals surface area contributed by atoms with Crippen molar-refractivity contribution in [2.75, 3.05) is 6.61 Å². The van der Waals surface area contributed by atoms with Crippen LogP contribution in [0.1, 0.15) is 52.3 Å². The summed E-state index contributed by atoms with van der Waals surface area (Å²) in [4.78, 5) is 26.1. The Kier molecular flexibility index (Phi) is 6.84. The largest absolute Gasteiger partial charge is 0.467 e. The number of furan rings is 1. The lowest BCUT2D eigenvalue weighted by atomic mass is 9.96. The number of amides is 2. The zero-order valence-electron chi connectivity index (χ0n) is 15.6. The molecule has 2 atom stereocenters. The van der Waals surface area contributed by atoms with E-state index >= 15 is 0 Å². The fourth-order valence-corrected chi connectivity index (χ4v) is 5.93. The summed E-state index contributed by atoms with van der Waals surface area (Å²) in [6.07, 6.45) is 1.97. The number of carbonyl (C=O) groups is 2. The van der Waals surface area contributed by atoms with E-state index in [1.165, 1.54) is 0 Å². The molecule has 0 bridgehead atoms. The highest BCUT2D eigenvalue weighted by molar-refractivity contribution is 6.73. The van der Waals surface area contributed by atoms with Gasteiger partial charge in [-0.15, -0.1) is 0 Å². The molecule has 0 aliphatic carbocycles. The van der Waals surface area contributed by atoms with Crippen molar-refractivity contribution in [2.45, 2.75) is 70.8 Å². The highest BCUT2D eigenvalue weighted by Crippen LogP contribution is 2.41. The lowest BCUT2D eigenvalue weighted by Gasteiger charge is -2.46. The van der Waals surface area contributed by atoms with E-state index in [9.17, 15) is 9.59 Å². The van der Waals surface area contributed by atoms with Crippen molar-refractivity contribution in [2.24, 2.45) is 0 Å². The Morgan fingerprint density at radius 2 is 1.92 bits per heavy atom. The molecule has 25 heavy (non-hydrogen) atoms. The predicted molar refractivity (Wildman–Crippen MR) is 96.6 cm³/mol. The lowest BCUT2D eigenvalue weighted by molar-refractivity contribution is -0.162. The van der Waals surface area contributed by atoms with E-state index in [2.05, 4.69) is 20.8 Å². The first-order chi connectivity index (χ1) is 12.0. The lowest BCUT2D eigenvalue weighted by Crippen LogP contribution is -2.64. The van der Waals surface area contributed by atoms with Gasteiger partial charge in [0.15, 0.2) is 14.4 Å². The van der Waals surface area contributed by atoms with Crippen molar-refractivity contribution in [3.63, 3.8) is 0 Å². The highest BCUT2D eigenvalue weighted by atomic mass is 28.4. The molecule has 6 nitrogen and oxygen atoms in total. The molecule has 7 heteroatoms. The molecule has 0 N–H and O–H groups in total. The third kappa shape index (κ3) is 3.98. The molecule has 2 heterocycles. The minimum absolute atomic E-state index is 0.313. The maximum Gasteiger partial charge on any atom is 0.417 e. The Bertz CT molecular complexity index is 562. The van der Waals surface area contributed by atoms with Crippen molar-refractivity contribution in [1.82, 2.24) is 4.90 Å². The van der Waals surface area contributed by atoms with Crippen LogP contribution < -0.4 is 0 Å². The molecule has 1 aliphatic heterocycles. The summed E-state index contributed by atoms with van der Waals surface area (Å²) in [7, 11) is -1.98. The first-order valence-electron chi connectivity index (χ1n) is 9.24. The van der Waals surface area contributed by atoms with Gasteiger partial charge in [0.2, 0.25) is 0 Å². The van der Waals surface area contributed by atoms with Gasteiger partial charge in [0.05, 0.1) is 12.9 Å². The monoisotopic (exact) mass is 367 g/mol. The Balaban J connectivity index is 2.18. The van der Waals surface area contributed by atoms with Crippen LogP contribution in [0.5, 0.6) is 0 Å². The number of unbranched alkanes of at least 4 members (excludes halogenated alkanes) is 1. The van der Waals surface area contributed by atoms with E-state index in [0.717, 1.165) is 35.9 Å². The molecule has 0 radical (unpaired) electrons. The summed E-state index contributed by atoms with van der Waals surface area (Å²) in [5, 5.41) is 0. The van der Waals surface area contributed by atoms with Crippen LogP contribution in [-0.2, 0) is 14.0 Å². The van der Waals surface area contributed by atoms with Crippen molar-refractivity contribution >= 4 is 20.3 Å². The summed E-state index contributed by atoms with van der Waals surface area (Å²) in [6, 6.07) is 5.81. The number of hydrogen-bond donors (Lipinski definition) is 0. The molecule has 0 unspecified atom stereocenters. The van der Waals surface area contributed by atoms with Crippen LogP contribution in [0.15, 0.2) is 22.8 Å². The van der Waals surface area contributed by atoms with Gasteiger partial charge in [-0.3, -0.25) is 4.79 Å². The molecular weight excluding hydrogens is 338 g/mol. The van der Waals surface area contributed by atoms with Crippen LogP contribution in [-0.4, -0.2) is 37.9 Å². The number of ether oxygens (including phenoxy) is 1. The van der Waals surface area contributed by atoms with E-state index < -0.39 is 26.6 Å². The summed E-state index contributed by atoms with van der Waals surface area (Å²) in [5.74, 6) is 0.235. The number of rotatable bonds is 9. The first-order valence-corrected chi connectivity index (χ1v) is 11.8. The van der Waals surface area contributed by atoms with Gasteiger partial charge in [0.1, 0.15) is 11.8 Å². The minimum atomic E-state index is -1.98. The SMILES string of the molecule is CCCCOC(=O)N1C(=O)[C@H](O[Si](CC)(CC)CC)[C@@H]1c1ccco1. The summed E-state index contributed by atoms with van der Waals surface area (Å²) in [6.45, 7) is 8.67. The summed E-state index contributed by atoms with van der Waals surface area (Å²) >= 11 is 0. The van der Waals surface area contributed by atoms with Gasteiger partial charge in [-0.25, -0.2) is 9.69 Å². The number of hydrogen-bond acceptors (Lipinski definition) is 5. The second-order valence-electron chi connectivity index (χ2n) is 6.42. The molecule has 1 aromatic rings. The number of imide groups is 1. The minimum Gasteiger partial charge on any atom is -0.467 e. The third-order valence-corrected chi connectivity index (χ3v) is 9.73. The zero-order valence-corrected chi connectivity index (χ0v) is 16.6. The molecule has 2 amide bonds. The zero-order chi connectivity index (χ0) is 18.4. The van der Waals surface area contributed by atoms with E-state index in [-0.39, 0.29) is 5.91 Å².